The molecule has 148 valence electrons. The third-order valence-corrected chi connectivity index (χ3v) is 5.74. The average molecular weight is 407 g/mol. The van der Waals surface area contributed by atoms with E-state index in [1.807, 2.05) is 61.5 Å². The molecule has 0 radical (unpaired) electrons. The van der Waals surface area contributed by atoms with Crippen molar-refractivity contribution >= 4 is 40.0 Å². The van der Waals surface area contributed by atoms with Crippen LogP contribution in [0.15, 0.2) is 65.9 Å². The molecule has 0 bridgehead atoms. The predicted octanol–water partition coefficient (Wildman–Crippen LogP) is 3.92. The van der Waals surface area contributed by atoms with E-state index in [0.717, 1.165) is 11.3 Å². The molecule has 1 aliphatic rings. The molecule has 1 fully saturated rings. The van der Waals surface area contributed by atoms with Crippen molar-refractivity contribution in [2.75, 3.05) is 16.0 Å². The van der Waals surface area contributed by atoms with Gasteiger partial charge in [-0.05, 0) is 38.1 Å². The van der Waals surface area contributed by atoms with E-state index < -0.39 is 5.72 Å². The van der Waals surface area contributed by atoms with E-state index in [1.165, 1.54) is 18.1 Å². The Balaban J connectivity index is 1.63. The summed E-state index contributed by atoms with van der Waals surface area (Å²) in [4.78, 5) is 26.1. The number of benzene rings is 2. The maximum Gasteiger partial charge on any atom is 0.276 e. The van der Waals surface area contributed by atoms with E-state index in [9.17, 15) is 9.90 Å². The highest BCUT2D eigenvalue weighted by Crippen LogP contribution is 2.37. The fourth-order valence-corrected chi connectivity index (χ4v) is 4.16. The summed E-state index contributed by atoms with van der Waals surface area (Å²) in [6, 6.07) is 17.1. The second kappa shape index (κ2) is 7.73. The standard InChI is InChI=1S/C21H21N5O2S/c1-14-8-10-15(11-9-14)24-19(27)17-18(23-13-22-17)25-20-26(21(2,28)12-29-20)16-6-4-3-5-7-16/h3-11,13,28H,12H2,1-2H3,(H,22,23)(H,24,27)/t21-/m1/s1. The first kappa shape index (κ1) is 19.2. The van der Waals surface area contributed by atoms with Gasteiger partial charge in [0.2, 0.25) is 0 Å². The van der Waals surface area contributed by atoms with E-state index in [4.69, 9.17) is 0 Å². The lowest BCUT2D eigenvalue weighted by Gasteiger charge is -2.30. The van der Waals surface area contributed by atoms with Crippen molar-refractivity contribution in [3.05, 3.63) is 72.2 Å². The van der Waals surface area contributed by atoms with Gasteiger partial charge in [0.1, 0.15) is 0 Å². The molecule has 4 rings (SSSR count). The summed E-state index contributed by atoms with van der Waals surface area (Å²) in [5.74, 6) is 0.401. The number of aromatic amines is 1. The zero-order chi connectivity index (χ0) is 20.4. The van der Waals surface area contributed by atoms with Crippen LogP contribution in [0.5, 0.6) is 0 Å². The summed E-state index contributed by atoms with van der Waals surface area (Å²) in [6.07, 6.45) is 1.44. The molecule has 1 atom stereocenters. The zero-order valence-corrected chi connectivity index (χ0v) is 16.9. The van der Waals surface area contributed by atoms with E-state index in [2.05, 4.69) is 20.3 Å². The Morgan fingerprint density at radius 2 is 1.97 bits per heavy atom. The Labute approximate surface area is 172 Å². The number of anilines is 2. The van der Waals surface area contributed by atoms with Crippen LogP contribution >= 0.6 is 11.8 Å². The molecular formula is C21H21N5O2S. The molecule has 0 spiro atoms. The number of hydrogen-bond acceptors (Lipinski definition) is 5. The van der Waals surface area contributed by atoms with Crippen LogP contribution in [0.1, 0.15) is 23.0 Å². The highest BCUT2D eigenvalue weighted by Gasteiger charge is 2.40. The predicted molar refractivity (Wildman–Crippen MR) is 117 cm³/mol. The first-order valence-corrected chi connectivity index (χ1v) is 10.1. The van der Waals surface area contributed by atoms with E-state index in [1.54, 1.807) is 11.8 Å². The van der Waals surface area contributed by atoms with Gasteiger partial charge in [-0.25, -0.2) is 9.98 Å². The number of amides is 1. The topological polar surface area (TPSA) is 93.6 Å². The summed E-state index contributed by atoms with van der Waals surface area (Å²) in [6.45, 7) is 3.73. The number of aryl methyl sites for hydroxylation is 1. The highest BCUT2D eigenvalue weighted by atomic mass is 32.2. The van der Waals surface area contributed by atoms with E-state index in [0.29, 0.717) is 16.6 Å². The first-order chi connectivity index (χ1) is 13.9. The van der Waals surface area contributed by atoms with Crippen LogP contribution in [0.3, 0.4) is 0 Å². The Kier molecular flexibility index (Phi) is 5.12. The number of para-hydroxylation sites is 1. The van der Waals surface area contributed by atoms with Crippen LogP contribution in [0, 0.1) is 6.92 Å². The maximum atomic E-state index is 12.7. The number of aromatic nitrogens is 2. The molecule has 0 aliphatic carbocycles. The summed E-state index contributed by atoms with van der Waals surface area (Å²) >= 11 is 1.42. The van der Waals surface area contributed by atoms with Crippen molar-refractivity contribution in [3.8, 4) is 0 Å². The van der Waals surface area contributed by atoms with Crippen molar-refractivity contribution < 1.29 is 9.90 Å². The minimum atomic E-state index is -1.09. The van der Waals surface area contributed by atoms with Gasteiger partial charge in [-0.15, -0.1) is 0 Å². The Morgan fingerprint density at radius 1 is 1.24 bits per heavy atom. The summed E-state index contributed by atoms with van der Waals surface area (Å²) in [7, 11) is 0. The Morgan fingerprint density at radius 3 is 2.69 bits per heavy atom. The first-order valence-electron chi connectivity index (χ1n) is 9.14. The van der Waals surface area contributed by atoms with Gasteiger partial charge >= 0.3 is 0 Å². The minimum Gasteiger partial charge on any atom is -0.370 e. The second-order valence-electron chi connectivity index (χ2n) is 6.99. The molecule has 0 saturated carbocycles. The van der Waals surface area contributed by atoms with Crippen LogP contribution in [0.25, 0.3) is 0 Å². The van der Waals surface area contributed by atoms with Gasteiger partial charge in [-0.1, -0.05) is 47.7 Å². The molecule has 1 amide bonds. The molecule has 7 nitrogen and oxygen atoms in total. The minimum absolute atomic E-state index is 0.262. The smallest absolute Gasteiger partial charge is 0.276 e. The number of imidazole rings is 1. The largest absolute Gasteiger partial charge is 0.370 e. The number of thioether (sulfide) groups is 1. The molecule has 2 heterocycles. The molecule has 29 heavy (non-hydrogen) atoms. The zero-order valence-electron chi connectivity index (χ0n) is 16.1. The van der Waals surface area contributed by atoms with Crippen molar-refractivity contribution in [2.45, 2.75) is 19.6 Å². The molecule has 1 aromatic heterocycles. The molecule has 0 unspecified atom stereocenters. The highest BCUT2D eigenvalue weighted by molar-refractivity contribution is 8.14. The Bertz CT molecular complexity index is 1040. The normalized spacial score (nSPS) is 20.2. The van der Waals surface area contributed by atoms with E-state index >= 15 is 0 Å². The van der Waals surface area contributed by atoms with Gasteiger partial charge in [0.05, 0.1) is 6.33 Å². The number of nitrogens with zero attached hydrogens (tertiary/aromatic N) is 3. The van der Waals surface area contributed by atoms with Crippen molar-refractivity contribution in [1.82, 2.24) is 9.97 Å². The van der Waals surface area contributed by atoms with Crippen molar-refractivity contribution in [2.24, 2.45) is 4.99 Å². The quantitative estimate of drug-likeness (QED) is 0.609. The third-order valence-electron chi connectivity index (χ3n) is 4.52. The number of hydrogen-bond donors (Lipinski definition) is 3. The van der Waals surface area contributed by atoms with Crippen LogP contribution in [-0.4, -0.2) is 37.6 Å². The van der Waals surface area contributed by atoms with Crippen LogP contribution in [-0.2, 0) is 0 Å². The van der Waals surface area contributed by atoms with E-state index in [-0.39, 0.29) is 17.4 Å². The SMILES string of the molecule is Cc1ccc(NC(=O)c2[nH]cnc2N=C2SC[C@@](C)(O)N2c2ccccc2)cc1. The van der Waals surface area contributed by atoms with Gasteiger partial charge in [-0.3, -0.25) is 9.69 Å². The number of carbonyl (C=O) groups is 1. The molecule has 3 aromatic rings. The van der Waals surface area contributed by atoms with Gasteiger partial charge in [0, 0.05) is 17.1 Å². The average Bonchev–Trinajstić information content (AvgIpc) is 3.28. The fraction of sp³-hybridized carbons (Fsp3) is 0.190. The van der Waals surface area contributed by atoms with Crippen molar-refractivity contribution in [1.29, 1.82) is 0 Å². The number of aliphatic hydroxyl groups is 1. The maximum absolute atomic E-state index is 12.7. The van der Waals surface area contributed by atoms with Crippen LogP contribution < -0.4 is 10.2 Å². The lowest BCUT2D eigenvalue weighted by Crippen LogP contribution is -2.45. The number of rotatable bonds is 4. The molecule has 2 aromatic carbocycles. The fourth-order valence-electron chi connectivity index (χ4n) is 3.04. The number of amidine groups is 1. The molecule has 8 heteroatoms. The lowest BCUT2D eigenvalue weighted by molar-refractivity contribution is 0.0995. The lowest BCUT2D eigenvalue weighted by atomic mass is 10.2. The van der Waals surface area contributed by atoms with Crippen LogP contribution in [0.2, 0.25) is 0 Å². The monoisotopic (exact) mass is 407 g/mol. The van der Waals surface area contributed by atoms with Gasteiger partial charge in [0.15, 0.2) is 22.4 Å². The van der Waals surface area contributed by atoms with Crippen molar-refractivity contribution in [3.63, 3.8) is 0 Å². The van der Waals surface area contributed by atoms with Gasteiger partial charge < -0.3 is 15.4 Å². The third kappa shape index (κ3) is 4.03. The Hall–Kier alpha value is -3.10. The molecule has 1 saturated heterocycles. The number of carbonyl (C=O) groups excluding carboxylic acids is 1. The number of H-pyrrole nitrogens is 1. The number of aliphatic imine (C=N–C) groups is 1. The van der Waals surface area contributed by atoms with Crippen LogP contribution in [0.4, 0.5) is 17.2 Å². The molecule has 1 aliphatic heterocycles. The summed E-state index contributed by atoms with van der Waals surface area (Å²) in [5.41, 5.74) is 1.80. The summed E-state index contributed by atoms with van der Waals surface area (Å²) < 4.78 is 0. The number of nitrogens with one attached hydrogen (secondary N) is 2. The van der Waals surface area contributed by atoms with Gasteiger partial charge in [0.25, 0.3) is 5.91 Å². The van der Waals surface area contributed by atoms with Gasteiger partial charge in [-0.2, -0.15) is 0 Å². The molecule has 3 N–H and O–H groups in total. The molecular weight excluding hydrogens is 386 g/mol. The summed E-state index contributed by atoms with van der Waals surface area (Å²) in [5, 5.41) is 14.2. The second-order valence-corrected chi connectivity index (χ2v) is 7.93.